The number of nitrogens with one attached hydrogen (secondary N) is 2. The zero-order chi connectivity index (χ0) is 17.6. The van der Waals surface area contributed by atoms with E-state index in [1.54, 1.807) is 0 Å². The van der Waals surface area contributed by atoms with Gasteiger partial charge < -0.3 is 15.4 Å². The molecule has 1 aliphatic rings. The third-order valence-corrected chi connectivity index (χ3v) is 4.81. The molecule has 3 rings (SSSR count). The van der Waals surface area contributed by atoms with Gasteiger partial charge >= 0.3 is 6.09 Å². The average molecular weight is 338 g/mol. The van der Waals surface area contributed by atoms with Gasteiger partial charge in [0.05, 0.1) is 0 Å². The molecular weight excluding hydrogens is 312 g/mol. The zero-order valence-electron chi connectivity index (χ0n) is 14.9. The summed E-state index contributed by atoms with van der Waals surface area (Å²) in [6.07, 6.45) is 1.55. The third-order valence-electron chi connectivity index (χ3n) is 4.81. The van der Waals surface area contributed by atoms with E-state index in [4.69, 9.17) is 4.74 Å². The molecule has 1 amide bonds. The number of hydrogen-bond donors (Lipinski definition) is 2. The largest absolute Gasteiger partial charge is 0.445 e. The van der Waals surface area contributed by atoms with Crippen LogP contribution in [0, 0.1) is 6.92 Å². The highest BCUT2D eigenvalue weighted by molar-refractivity contribution is 5.67. The molecule has 4 heteroatoms. The van der Waals surface area contributed by atoms with Crippen LogP contribution in [0.4, 0.5) is 4.79 Å². The van der Waals surface area contributed by atoms with E-state index in [1.165, 1.54) is 11.1 Å². The summed E-state index contributed by atoms with van der Waals surface area (Å²) in [6.45, 7) is 4.64. The molecule has 0 heterocycles. The second kappa shape index (κ2) is 8.17. The molecule has 0 aromatic heterocycles. The van der Waals surface area contributed by atoms with Crippen LogP contribution in [0.3, 0.4) is 0 Å². The monoisotopic (exact) mass is 338 g/mol. The fourth-order valence-corrected chi connectivity index (χ4v) is 3.32. The lowest BCUT2D eigenvalue weighted by molar-refractivity contribution is 0.124. The van der Waals surface area contributed by atoms with Crippen molar-refractivity contribution in [1.82, 2.24) is 10.6 Å². The Balaban J connectivity index is 1.36. The normalized spacial score (nSPS) is 20.4. The maximum absolute atomic E-state index is 11.9. The van der Waals surface area contributed by atoms with Gasteiger partial charge in [-0.15, -0.1) is 0 Å². The Morgan fingerprint density at radius 3 is 2.48 bits per heavy atom. The average Bonchev–Trinajstić information content (AvgIpc) is 2.59. The Kier molecular flexibility index (Phi) is 5.71. The molecule has 0 aliphatic heterocycles. The van der Waals surface area contributed by atoms with Crippen LogP contribution in [0.1, 0.15) is 42.5 Å². The molecule has 0 radical (unpaired) electrons. The van der Waals surface area contributed by atoms with Crippen LogP contribution in [-0.4, -0.2) is 18.2 Å². The number of carbonyl (C=O) groups excluding carboxylic acids is 1. The molecule has 1 saturated carbocycles. The highest BCUT2D eigenvalue weighted by Gasteiger charge is 2.31. The summed E-state index contributed by atoms with van der Waals surface area (Å²) in [7, 11) is 0. The Labute approximate surface area is 149 Å². The lowest BCUT2D eigenvalue weighted by Gasteiger charge is -2.38. The van der Waals surface area contributed by atoms with Crippen LogP contribution < -0.4 is 10.6 Å². The lowest BCUT2D eigenvalue weighted by Crippen LogP contribution is -2.52. The molecule has 2 N–H and O–H groups in total. The summed E-state index contributed by atoms with van der Waals surface area (Å²) < 4.78 is 5.27. The van der Waals surface area contributed by atoms with Crippen LogP contribution >= 0.6 is 0 Å². The summed E-state index contributed by atoms with van der Waals surface area (Å²) in [6, 6.07) is 19.1. The van der Waals surface area contributed by atoms with E-state index >= 15 is 0 Å². The Morgan fingerprint density at radius 2 is 1.76 bits per heavy atom. The van der Waals surface area contributed by atoms with Crippen molar-refractivity contribution in [3.05, 3.63) is 71.3 Å². The van der Waals surface area contributed by atoms with Crippen molar-refractivity contribution < 1.29 is 9.53 Å². The molecule has 0 spiro atoms. The molecule has 25 heavy (non-hydrogen) atoms. The molecule has 132 valence electrons. The Bertz CT molecular complexity index is 696. The first-order chi connectivity index (χ1) is 12.1. The van der Waals surface area contributed by atoms with Gasteiger partial charge in [0.1, 0.15) is 6.61 Å². The topological polar surface area (TPSA) is 50.4 Å². The smallest absolute Gasteiger partial charge is 0.407 e. The van der Waals surface area contributed by atoms with E-state index in [1.807, 2.05) is 30.3 Å². The maximum Gasteiger partial charge on any atom is 0.407 e. The first-order valence-corrected chi connectivity index (χ1v) is 8.90. The van der Waals surface area contributed by atoms with Gasteiger partial charge in [-0.25, -0.2) is 4.79 Å². The number of carbonyl (C=O) groups is 1. The fraction of sp³-hybridized carbons (Fsp3) is 0.381. The predicted octanol–water partition coefficient (Wildman–Crippen LogP) is 4.10. The fourth-order valence-electron chi connectivity index (χ4n) is 3.32. The number of amides is 1. The van der Waals surface area contributed by atoms with Crippen molar-refractivity contribution in [2.75, 3.05) is 0 Å². The van der Waals surface area contributed by atoms with Gasteiger partial charge in [-0.3, -0.25) is 0 Å². The summed E-state index contributed by atoms with van der Waals surface area (Å²) in [4.78, 5) is 11.9. The van der Waals surface area contributed by atoms with Gasteiger partial charge in [-0.2, -0.15) is 0 Å². The number of ether oxygens (including phenoxy) is 1. The van der Waals surface area contributed by atoms with E-state index in [0.29, 0.717) is 18.7 Å². The van der Waals surface area contributed by atoms with Crippen LogP contribution in [0.15, 0.2) is 54.6 Å². The summed E-state index contributed by atoms with van der Waals surface area (Å²) in [5, 5.41) is 6.58. The number of alkyl carbamates (subject to hydrolysis) is 1. The summed E-state index contributed by atoms with van der Waals surface area (Å²) in [5.74, 6) is 0. The number of hydrogen-bond acceptors (Lipinski definition) is 3. The minimum atomic E-state index is -0.334. The molecule has 0 bridgehead atoms. The predicted molar refractivity (Wildman–Crippen MR) is 99.3 cm³/mol. The second-order valence-corrected chi connectivity index (χ2v) is 6.82. The van der Waals surface area contributed by atoms with E-state index in [0.717, 1.165) is 18.4 Å². The SMILES string of the molecule is Cc1ccccc1[C@@H](C)NC1CC(NC(=O)OCc2ccccc2)C1. The molecule has 2 aromatic carbocycles. The van der Waals surface area contributed by atoms with Crippen molar-refractivity contribution >= 4 is 6.09 Å². The van der Waals surface area contributed by atoms with Crippen LogP contribution in [0.5, 0.6) is 0 Å². The number of rotatable bonds is 6. The minimum absolute atomic E-state index is 0.199. The summed E-state index contributed by atoms with van der Waals surface area (Å²) in [5.41, 5.74) is 3.64. The van der Waals surface area contributed by atoms with Crippen molar-refractivity contribution in [3.63, 3.8) is 0 Å². The molecule has 1 atom stereocenters. The lowest BCUT2D eigenvalue weighted by atomic mass is 9.85. The third kappa shape index (κ3) is 4.83. The van der Waals surface area contributed by atoms with Gasteiger partial charge in [-0.1, -0.05) is 54.6 Å². The second-order valence-electron chi connectivity index (χ2n) is 6.82. The minimum Gasteiger partial charge on any atom is -0.445 e. The van der Waals surface area contributed by atoms with Gasteiger partial charge in [0.15, 0.2) is 0 Å². The molecule has 1 fully saturated rings. The van der Waals surface area contributed by atoms with Crippen molar-refractivity contribution in [2.45, 2.75) is 51.4 Å². The van der Waals surface area contributed by atoms with Crippen LogP contribution in [0.25, 0.3) is 0 Å². The van der Waals surface area contributed by atoms with Gasteiger partial charge in [0.2, 0.25) is 0 Å². The van der Waals surface area contributed by atoms with E-state index in [2.05, 4.69) is 48.7 Å². The highest BCUT2D eigenvalue weighted by atomic mass is 16.5. The standard InChI is InChI=1S/C21H26N2O2/c1-15-8-6-7-11-20(15)16(2)22-18-12-19(13-18)23-21(24)25-14-17-9-4-3-5-10-17/h3-11,16,18-19,22H,12-14H2,1-2H3,(H,23,24)/t16-,18?,19?/m1/s1. The van der Waals surface area contributed by atoms with E-state index < -0.39 is 0 Å². The Hall–Kier alpha value is -2.33. The van der Waals surface area contributed by atoms with Crippen molar-refractivity contribution in [3.8, 4) is 0 Å². The van der Waals surface area contributed by atoms with Crippen molar-refractivity contribution in [2.24, 2.45) is 0 Å². The zero-order valence-corrected chi connectivity index (χ0v) is 14.9. The molecule has 1 aliphatic carbocycles. The molecule has 0 saturated heterocycles. The van der Waals surface area contributed by atoms with Crippen LogP contribution in [-0.2, 0) is 11.3 Å². The number of benzene rings is 2. The quantitative estimate of drug-likeness (QED) is 0.833. The van der Waals surface area contributed by atoms with E-state index in [-0.39, 0.29) is 12.1 Å². The number of aryl methyl sites for hydroxylation is 1. The molecular formula is C21H26N2O2. The molecule has 0 unspecified atom stereocenters. The van der Waals surface area contributed by atoms with Crippen LogP contribution in [0.2, 0.25) is 0 Å². The Morgan fingerprint density at radius 1 is 1.08 bits per heavy atom. The maximum atomic E-state index is 11.9. The van der Waals surface area contributed by atoms with Gasteiger partial charge in [0, 0.05) is 18.1 Å². The molecule has 4 nitrogen and oxygen atoms in total. The van der Waals surface area contributed by atoms with Crippen molar-refractivity contribution in [1.29, 1.82) is 0 Å². The highest BCUT2D eigenvalue weighted by Crippen LogP contribution is 2.25. The van der Waals surface area contributed by atoms with E-state index in [9.17, 15) is 4.79 Å². The van der Waals surface area contributed by atoms with Gasteiger partial charge in [-0.05, 0) is 43.4 Å². The summed E-state index contributed by atoms with van der Waals surface area (Å²) >= 11 is 0. The first-order valence-electron chi connectivity index (χ1n) is 8.90. The molecule has 2 aromatic rings. The first kappa shape index (κ1) is 17.5. The van der Waals surface area contributed by atoms with Gasteiger partial charge in [0.25, 0.3) is 0 Å².